The van der Waals surface area contributed by atoms with Crippen LogP contribution in [0.25, 0.3) is 10.9 Å². The van der Waals surface area contributed by atoms with Gasteiger partial charge in [-0.3, -0.25) is 4.31 Å². The minimum atomic E-state index is -3.46. The fourth-order valence-electron chi connectivity index (χ4n) is 4.15. The van der Waals surface area contributed by atoms with Crippen molar-refractivity contribution < 1.29 is 23.1 Å². The fourth-order valence-corrected chi connectivity index (χ4v) is 5.08. The summed E-state index contributed by atoms with van der Waals surface area (Å²) in [4.78, 5) is 20.0. The number of sulfonamides is 1. The highest BCUT2D eigenvalue weighted by Crippen LogP contribution is 2.32. The van der Waals surface area contributed by atoms with Gasteiger partial charge in [-0.25, -0.2) is 18.2 Å². The number of hydrogen-bond donors (Lipinski definition) is 3. The summed E-state index contributed by atoms with van der Waals surface area (Å²) in [6, 6.07) is 21.4. The zero-order chi connectivity index (χ0) is 27.3. The standard InChI is InChI=1S/C28H30N4O5S/c1-4-37-28(34)20-10-15-23-24(18-20)31-27(33)25(23)26(19-8-6-5-7-9-19)30-21-11-13-22(14-12-21)32(17-16-29-2)38(3,35)36/h5-15,18,29,31,33H,4,16-17H2,1-3H3. The molecule has 198 valence electrons. The van der Waals surface area contributed by atoms with Gasteiger partial charge in [0.2, 0.25) is 10.0 Å². The molecule has 0 unspecified atom stereocenters. The highest BCUT2D eigenvalue weighted by molar-refractivity contribution is 7.92. The third-order valence-corrected chi connectivity index (χ3v) is 7.11. The second-order valence-electron chi connectivity index (χ2n) is 8.61. The van der Waals surface area contributed by atoms with Crippen molar-refractivity contribution in [2.75, 3.05) is 37.3 Å². The molecule has 0 aliphatic rings. The molecule has 0 aliphatic heterocycles. The monoisotopic (exact) mass is 534 g/mol. The Balaban J connectivity index is 1.80. The van der Waals surface area contributed by atoms with Crippen LogP contribution in [-0.2, 0) is 14.8 Å². The van der Waals surface area contributed by atoms with Gasteiger partial charge in [-0.2, -0.15) is 0 Å². The molecule has 0 spiro atoms. The third-order valence-electron chi connectivity index (χ3n) is 5.92. The number of aliphatic imine (C=N–C) groups is 1. The number of carbonyl (C=O) groups excluding carboxylic acids is 1. The molecule has 0 bridgehead atoms. The minimum Gasteiger partial charge on any atom is -0.494 e. The van der Waals surface area contributed by atoms with Crippen molar-refractivity contribution in [3.05, 3.63) is 89.5 Å². The molecule has 10 heteroatoms. The first-order valence-corrected chi connectivity index (χ1v) is 14.0. The number of benzene rings is 3. The van der Waals surface area contributed by atoms with Gasteiger partial charge in [-0.1, -0.05) is 36.4 Å². The molecule has 9 nitrogen and oxygen atoms in total. The first-order chi connectivity index (χ1) is 18.2. The van der Waals surface area contributed by atoms with Crippen molar-refractivity contribution >= 4 is 44.0 Å². The Labute approximate surface area is 221 Å². The second kappa shape index (κ2) is 11.5. The van der Waals surface area contributed by atoms with Crippen LogP contribution in [0.1, 0.15) is 28.4 Å². The van der Waals surface area contributed by atoms with Gasteiger partial charge in [0.15, 0.2) is 5.88 Å². The molecule has 0 saturated heterocycles. The van der Waals surface area contributed by atoms with Gasteiger partial charge < -0.3 is 20.1 Å². The van der Waals surface area contributed by atoms with Gasteiger partial charge in [-0.15, -0.1) is 0 Å². The van der Waals surface area contributed by atoms with Gasteiger partial charge in [0.1, 0.15) is 0 Å². The summed E-state index contributed by atoms with van der Waals surface area (Å²) >= 11 is 0. The number of carbonyl (C=O) groups is 1. The van der Waals surface area contributed by atoms with Crippen LogP contribution < -0.4 is 9.62 Å². The number of aromatic nitrogens is 1. The number of esters is 1. The molecule has 0 amide bonds. The van der Waals surface area contributed by atoms with Crippen LogP contribution in [0.2, 0.25) is 0 Å². The molecule has 4 aromatic rings. The largest absolute Gasteiger partial charge is 0.494 e. The molecular formula is C28H30N4O5S. The number of nitrogens with zero attached hydrogens (tertiary/aromatic N) is 2. The molecule has 3 aromatic carbocycles. The van der Waals surface area contributed by atoms with Crippen LogP contribution in [0, 0.1) is 0 Å². The molecule has 0 atom stereocenters. The maximum atomic E-state index is 12.3. The Hall–Kier alpha value is -4.15. The average molecular weight is 535 g/mol. The zero-order valence-electron chi connectivity index (χ0n) is 21.4. The number of H-pyrrole nitrogens is 1. The lowest BCUT2D eigenvalue weighted by Crippen LogP contribution is -2.35. The topological polar surface area (TPSA) is 124 Å². The Kier molecular flexibility index (Phi) is 8.13. The number of ether oxygens (including phenoxy) is 1. The van der Waals surface area contributed by atoms with E-state index in [1.54, 1.807) is 56.4 Å². The summed E-state index contributed by atoms with van der Waals surface area (Å²) in [6.07, 6.45) is 1.18. The molecule has 1 heterocycles. The summed E-state index contributed by atoms with van der Waals surface area (Å²) in [5.41, 5.74) is 3.81. The highest BCUT2D eigenvalue weighted by atomic mass is 32.2. The average Bonchev–Trinajstić information content (AvgIpc) is 3.23. The number of aromatic amines is 1. The quantitative estimate of drug-likeness (QED) is 0.207. The predicted molar refractivity (Wildman–Crippen MR) is 150 cm³/mol. The third kappa shape index (κ3) is 5.87. The van der Waals surface area contributed by atoms with Crippen LogP contribution in [0.15, 0.2) is 77.8 Å². The van der Waals surface area contributed by atoms with E-state index >= 15 is 0 Å². The lowest BCUT2D eigenvalue weighted by atomic mass is 10.00. The normalized spacial score (nSPS) is 12.0. The molecule has 0 radical (unpaired) electrons. The number of anilines is 1. The molecule has 0 aliphatic carbocycles. The van der Waals surface area contributed by atoms with Crippen molar-refractivity contribution in [3.63, 3.8) is 0 Å². The lowest BCUT2D eigenvalue weighted by Gasteiger charge is -2.22. The molecule has 1 aromatic heterocycles. The van der Waals surface area contributed by atoms with Crippen molar-refractivity contribution in [2.24, 2.45) is 4.99 Å². The number of nitrogens with one attached hydrogen (secondary N) is 2. The van der Waals surface area contributed by atoms with Crippen LogP contribution in [0.3, 0.4) is 0 Å². The summed E-state index contributed by atoms with van der Waals surface area (Å²) < 4.78 is 31.1. The molecule has 4 rings (SSSR count). The summed E-state index contributed by atoms with van der Waals surface area (Å²) in [7, 11) is -1.70. The van der Waals surface area contributed by atoms with Gasteiger partial charge in [-0.05, 0) is 50.4 Å². The minimum absolute atomic E-state index is 0.0875. The van der Waals surface area contributed by atoms with Gasteiger partial charge in [0.05, 0.1) is 41.1 Å². The Morgan fingerprint density at radius 2 is 1.76 bits per heavy atom. The SMILES string of the molecule is CCOC(=O)c1ccc2c(C(=Nc3ccc(N(CCNC)S(C)(=O)=O)cc3)c3ccccc3)c(O)[nH]c2c1. The Bertz CT molecular complexity index is 1560. The number of fused-ring (bicyclic) bond motifs is 1. The van der Waals surface area contributed by atoms with Crippen LogP contribution in [0.4, 0.5) is 11.4 Å². The van der Waals surface area contributed by atoms with Crippen molar-refractivity contribution in [1.82, 2.24) is 10.3 Å². The van der Waals surface area contributed by atoms with Crippen molar-refractivity contribution in [3.8, 4) is 5.88 Å². The molecular weight excluding hydrogens is 504 g/mol. The van der Waals surface area contributed by atoms with E-state index in [0.717, 1.165) is 5.56 Å². The molecule has 3 N–H and O–H groups in total. The number of rotatable bonds is 10. The number of likely N-dealkylation sites (N-methyl/N-ethyl adjacent to an activating group) is 1. The van der Waals surface area contributed by atoms with Gasteiger partial charge in [0, 0.05) is 29.6 Å². The van der Waals surface area contributed by atoms with E-state index in [1.807, 2.05) is 30.3 Å². The van der Waals surface area contributed by atoms with E-state index in [4.69, 9.17) is 9.73 Å². The van der Waals surface area contributed by atoms with Gasteiger partial charge in [0.25, 0.3) is 0 Å². The molecule has 38 heavy (non-hydrogen) atoms. The maximum Gasteiger partial charge on any atom is 0.338 e. The Morgan fingerprint density at radius 1 is 1.05 bits per heavy atom. The van der Waals surface area contributed by atoms with E-state index in [-0.39, 0.29) is 12.5 Å². The van der Waals surface area contributed by atoms with Gasteiger partial charge >= 0.3 is 5.97 Å². The van der Waals surface area contributed by atoms with E-state index in [0.29, 0.717) is 52.2 Å². The van der Waals surface area contributed by atoms with Crippen molar-refractivity contribution in [2.45, 2.75) is 6.92 Å². The zero-order valence-corrected chi connectivity index (χ0v) is 22.2. The van der Waals surface area contributed by atoms with Crippen LogP contribution in [0.5, 0.6) is 5.88 Å². The number of aromatic hydroxyl groups is 1. The Morgan fingerprint density at radius 3 is 2.39 bits per heavy atom. The number of hydrogen-bond acceptors (Lipinski definition) is 7. The van der Waals surface area contributed by atoms with E-state index < -0.39 is 16.0 Å². The lowest BCUT2D eigenvalue weighted by molar-refractivity contribution is 0.0526. The van der Waals surface area contributed by atoms with E-state index in [2.05, 4.69) is 10.3 Å². The maximum absolute atomic E-state index is 12.3. The fraction of sp³-hybridized carbons (Fsp3) is 0.214. The summed E-state index contributed by atoms with van der Waals surface area (Å²) in [5.74, 6) is -0.532. The summed E-state index contributed by atoms with van der Waals surface area (Å²) in [6.45, 7) is 2.80. The molecule has 0 fully saturated rings. The predicted octanol–water partition coefficient (Wildman–Crippen LogP) is 4.20. The van der Waals surface area contributed by atoms with E-state index in [9.17, 15) is 18.3 Å². The van der Waals surface area contributed by atoms with E-state index in [1.165, 1.54) is 10.6 Å². The first kappa shape index (κ1) is 26.9. The highest BCUT2D eigenvalue weighted by Gasteiger charge is 2.21. The smallest absolute Gasteiger partial charge is 0.338 e. The second-order valence-corrected chi connectivity index (χ2v) is 10.5. The van der Waals surface area contributed by atoms with Crippen LogP contribution in [-0.4, -0.2) is 63.2 Å². The van der Waals surface area contributed by atoms with Crippen LogP contribution >= 0.6 is 0 Å². The van der Waals surface area contributed by atoms with Crippen molar-refractivity contribution in [1.29, 1.82) is 0 Å². The summed E-state index contributed by atoms with van der Waals surface area (Å²) in [5, 5.41) is 14.6. The first-order valence-electron chi connectivity index (χ1n) is 12.1. The molecule has 0 saturated carbocycles.